The molecule has 0 aliphatic carbocycles. The Morgan fingerprint density at radius 2 is 1.87 bits per heavy atom. The lowest BCUT2D eigenvalue weighted by molar-refractivity contribution is 0.0682. The van der Waals surface area contributed by atoms with Gasteiger partial charge in [-0.05, 0) is 29.3 Å². The molecule has 1 aliphatic heterocycles. The van der Waals surface area contributed by atoms with Crippen LogP contribution in [-0.2, 0) is 19.6 Å². The van der Waals surface area contributed by atoms with Gasteiger partial charge in [-0.25, -0.2) is 0 Å². The fourth-order valence-corrected chi connectivity index (χ4v) is 3.45. The lowest BCUT2D eigenvalue weighted by Crippen LogP contribution is -2.39. The molecule has 1 aromatic carbocycles. The summed E-state index contributed by atoms with van der Waals surface area (Å²) >= 11 is 0. The second-order valence-electron chi connectivity index (χ2n) is 7.13. The fourth-order valence-electron chi connectivity index (χ4n) is 3.45. The summed E-state index contributed by atoms with van der Waals surface area (Å²) in [7, 11) is 3.17. The first-order valence-corrected chi connectivity index (χ1v) is 9.83. The van der Waals surface area contributed by atoms with Gasteiger partial charge in [0, 0.05) is 44.2 Å². The number of nitrogens with one attached hydrogen (secondary N) is 1. The maximum atomic E-state index is 13.0. The van der Waals surface area contributed by atoms with Gasteiger partial charge in [0.2, 0.25) is 0 Å². The molecule has 2 aromatic heterocycles. The molecule has 0 unspecified atom stereocenters. The van der Waals surface area contributed by atoms with Crippen molar-refractivity contribution < 1.29 is 19.1 Å². The minimum atomic E-state index is -0.331. The van der Waals surface area contributed by atoms with E-state index in [0.29, 0.717) is 43.4 Å². The van der Waals surface area contributed by atoms with Gasteiger partial charge in [-0.1, -0.05) is 6.07 Å². The predicted molar refractivity (Wildman–Crippen MR) is 112 cm³/mol. The number of fused-ring (bicyclic) bond motifs is 1. The van der Waals surface area contributed by atoms with Crippen molar-refractivity contribution in [3.63, 3.8) is 0 Å². The van der Waals surface area contributed by atoms with Gasteiger partial charge in [-0.2, -0.15) is 5.10 Å². The number of pyridine rings is 1. The van der Waals surface area contributed by atoms with Crippen LogP contribution >= 0.6 is 0 Å². The third-order valence-corrected chi connectivity index (χ3v) is 5.06. The number of rotatable bonds is 7. The first-order valence-electron chi connectivity index (χ1n) is 9.83. The van der Waals surface area contributed by atoms with Crippen LogP contribution in [0.1, 0.15) is 32.1 Å². The molecule has 0 fully saturated rings. The molecule has 160 valence electrons. The second kappa shape index (κ2) is 8.86. The molecule has 0 radical (unpaired) electrons. The molecule has 1 N–H and O–H groups in total. The summed E-state index contributed by atoms with van der Waals surface area (Å²) in [5.41, 5.74) is 2.40. The summed E-state index contributed by atoms with van der Waals surface area (Å²) in [6, 6.07) is 10.8. The first-order chi connectivity index (χ1) is 15.1. The zero-order valence-corrected chi connectivity index (χ0v) is 17.4. The molecule has 2 amide bonds. The van der Waals surface area contributed by atoms with E-state index in [1.165, 1.54) is 0 Å². The van der Waals surface area contributed by atoms with Gasteiger partial charge in [0.05, 0.1) is 20.8 Å². The van der Waals surface area contributed by atoms with Gasteiger partial charge in [-0.15, -0.1) is 0 Å². The normalized spacial score (nSPS) is 13.0. The number of amides is 2. The monoisotopic (exact) mass is 421 g/mol. The quantitative estimate of drug-likeness (QED) is 0.626. The molecule has 0 saturated heterocycles. The molecule has 0 atom stereocenters. The zero-order valence-electron chi connectivity index (χ0n) is 17.4. The summed E-state index contributed by atoms with van der Waals surface area (Å²) in [6.07, 6.45) is 3.36. The molecule has 0 bridgehead atoms. The largest absolute Gasteiger partial charge is 0.497 e. The van der Waals surface area contributed by atoms with E-state index in [1.807, 2.05) is 24.3 Å². The third-order valence-electron chi connectivity index (χ3n) is 5.06. The van der Waals surface area contributed by atoms with E-state index in [0.717, 1.165) is 11.1 Å². The van der Waals surface area contributed by atoms with Crippen LogP contribution in [0.3, 0.4) is 0 Å². The van der Waals surface area contributed by atoms with E-state index in [4.69, 9.17) is 9.47 Å². The van der Waals surface area contributed by atoms with Crippen molar-refractivity contribution in [1.82, 2.24) is 25.0 Å². The van der Waals surface area contributed by atoms with Crippen LogP contribution in [0.4, 0.5) is 0 Å². The van der Waals surface area contributed by atoms with Crippen molar-refractivity contribution in [3.8, 4) is 11.5 Å². The minimum Gasteiger partial charge on any atom is -0.497 e. The maximum absolute atomic E-state index is 13.0. The van der Waals surface area contributed by atoms with E-state index < -0.39 is 0 Å². The van der Waals surface area contributed by atoms with Gasteiger partial charge in [-0.3, -0.25) is 19.3 Å². The van der Waals surface area contributed by atoms with Gasteiger partial charge in [0.15, 0.2) is 5.69 Å². The number of nitrogens with zero attached hydrogens (tertiary/aromatic N) is 4. The Morgan fingerprint density at radius 1 is 1.10 bits per heavy atom. The first kappa shape index (κ1) is 20.4. The number of hydrogen-bond donors (Lipinski definition) is 1. The van der Waals surface area contributed by atoms with Gasteiger partial charge in [0.1, 0.15) is 17.2 Å². The van der Waals surface area contributed by atoms with Crippen molar-refractivity contribution in [2.75, 3.05) is 20.8 Å². The summed E-state index contributed by atoms with van der Waals surface area (Å²) in [5, 5.41) is 7.12. The topological polar surface area (TPSA) is 98.6 Å². The highest BCUT2D eigenvalue weighted by atomic mass is 16.5. The fraction of sp³-hybridized carbons (Fsp3) is 0.273. The highest BCUT2D eigenvalue weighted by Crippen LogP contribution is 2.25. The number of hydrogen-bond acceptors (Lipinski definition) is 6. The molecule has 0 saturated carbocycles. The van der Waals surface area contributed by atoms with E-state index >= 15 is 0 Å². The van der Waals surface area contributed by atoms with Crippen LogP contribution in [0, 0.1) is 0 Å². The predicted octanol–water partition coefficient (Wildman–Crippen LogP) is 1.88. The molecule has 3 aromatic rings. The van der Waals surface area contributed by atoms with Crippen molar-refractivity contribution >= 4 is 11.8 Å². The Kier molecular flexibility index (Phi) is 5.83. The van der Waals surface area contributed by atoms with Gasteiger partial charge in [0.25, 0.3) is 11.8 Å². The third kappa shape index (κ3) is 4.50. The lowest BCUT2D eigenvalue weighted by atomic mass is 10.1. The summed E-state index contributed by atoms with van der Waals surface area (Å²) in [5.74, 6) is 0.822. The molecule has 31 heavy (non-hydrogen) atoms. The smallest absolute Gasteiger partial charge is 0.272 e. The van der Waals surface area contributed by atoms with Crippen LogP contribution in [0.15, 0.2) is 48.8 Å². The van der Waals surface area contributed by atoms with Gasteiger partial charge >= 0.3 is 0 Å². The van der Waals surface area contributed by atoms with Crippen molar-refractivity contribution in [3.05, 3.63) is 71.3 Å². The molecule has 1 aliphatic rings. The molecule has 4 rings (SSSR count). The van der Waals surface area contributed by atoms with Crippen LogP contribution in [0.25, 0.3) is 0 Å². The van der Waals surface area contributed by atoms with E-state index in [2.05, 4.69) is 15.4 Å². The van der Waals surface area contributed by atoms with Crippen LogP contribution < -0.4 is 14.8 Å². The average molecular weight is 421 g/mol. The number of ether oxygens (including phenoxy) is 2. The Morgan fingerprint density at radius 3 is 2.55 bits per heavy atom. The average Bonchev–Trinajstić information content (AvgIpc) is 3.25. The van der Waals surface area contributed by atoms with Crippen LogP contribution in [0.5, 0.6) is 11.5 Å². The zero-order chi connectivity index (χ0) is 21.8. The number of benzene rings is 1. The van der Waals surface area contributed by atoms with Crippen LogP contribution in [-0.4, -0.2) is 52.2 Å². The number of carbonyl (C=O) groups excluding carboxylic acids is 2. The molecule has 9 nitrogen and oxygen atoms in total. The van der Waals surface area contributed by atoms with Crippen molar-refractivity contribution in [2.45, 2.75) is 19.6 Å². The Bertz CT molecular complexity index is 1070. The summed E-state index contributed by atoms with van der Waals surface area (Å²) in [6.45, 7) is 1.74. The Hall–Kier alpha value is -3.88. The Balaban J connectivity index is 1.46. The van der Waals surface area contributed by atoms with Gasteiger partial charge < -0.3 is 19.7 Å². The van der Waals surface area contributed by atoms with E-state index in [9.17, 15) is 9.59 Å². The molecule has 0 spiro atoms. The van der Waals surface area contributed by atoms with E-state index in [-0.39, 0.29) is 17.5 Å². The summed E-state index contributed by atoms with van der Waals surface area (Å²) in [4.78, 5) is 31.3. The second-order valence-corrected chi connectivity index (χ2v) is 7.13. The molecular weight excluding hydrogens is 398 g/mol. The molecule has 9 heteroatoms. The minimum absolute atomic E-state index is 0.174. The van der Waals surface area contributed by atoms with Crippen molar-refractivity contribution in [1.29, 1.82) is 0 Å². The highest BCUT2D eigenvalue weighted by molar-refractivity contribution is 5.98. The van der Waals surface area contributed by atoms with E-state index in [1.54, 1.807) is 48.3 Å². The summed E-state index contributed by atoms with van der Waals surface area (Å²) < 4.78 is 12.2. The molecule has 3 heterocycles. The highest BCUT2D eigenvalue weighted by Gasteiger charge is 2.28. The van der Waals surface area contributed by atoms with Crippen LogP contribution in [0.2, 0.25) is 0 Å². The number of aromatic nitrogens is 3. The number of carbonyl (C=O) groups is 2. The lowest BCUT2D eigenvalue weighted by Gasteiger charge is -2.27. The standard InChI is InChI=1S/C22H23N5O4/c1-30-17-8-16(9-18(10-17)31-2)14-26-6-7-27-20(22(26)29)11-19(25-27)21(28)24-13-15-4-3-5-23-12-15/h3-5,8-12H,6-7,13-14H2,1-2H3,(H,24,28). The Labute approximate surface area is 179 Å². The van der Waals surface area contributed by atoms with Crippen molar-refractivity contribution in [2.24, 2.45) is 0 Å². The number of methoxy groups -OCH3 is 2. The SMILES string of the molecule is COc1cc(CN2CCn3nc(C(=O)NCc4cccnc4)cc3C2=O)cc(OC)c1. The molecular formula is C22H23N5O4. The maximum Gasteiger partial charge on any atom is 0.272 e.